The summed E-state index contributed by atoms with van der Waals surface area (Å²) in [5, 5.41) is 12.8. The number of rotatable bonds is 6. The number of para-hydroxylation sites is 1. The zero-order valence-electron chi connectivity index (χ0n) is 17.2. The van der Waals surface area contributed by atoms with Crippen molar-refractivity contribution in [3.05, 3.63) is 80.2 Å². The molecule has 0 bridgehead atoms. The Labute approximate surface area is 180 Å². The molecule has 0 radical (unpaired) electrons. The van der Waals surface area contributed by atoms with Gasteiger partial charge < -0.3 is 10.4 Å². The molecule has 0 saturated heterocycles. The van der Waals surface area contributed by atoms with Gasteiger partial charge in [0.15, 0.2) is 0 Å². The summed E-state index contributed by atoms with van der Waals surface area (Å²) in [6, 6.07) is 12.7. The normalized spacial score (nSPS) is 10.8. The van der Waals surface area contributed by atoms with E-state index in [2.05, 4.69) is 10.3 Å². The number of carbonyl (C=O) groups excluding carboxylic acids is 1. The van der Waals surface area contributed by atoms with Gasteiger partial charge in [-0.05, 0) is 56.2 Å². The van der Waals surface area contributed by atoms with Crippen molar-refractivity contribution in [1.82, 2.24) is 9.55 Å². The van der Waals surface area contributed by atoms with Crippen molar-refractivity contribution in [2.75, 3.05) is 11.9 Å². The van der Waals surface area contributed by atoms with E-state index in [0.717, 1.165) is 16.8 Å². The molecule has 1 amide bonds. The minimum Gasteiger partial charge on any atom is -0.396 e. The Morgan fingerprint density at radius 2 is 1.73 bits per heavy atom. The molecule has 0 fully saturated rings. The van der Waals surface area contributed by atoms with Crippen molar-refractivity contribution in [2.45, 2.75) is 33.7 Å². The van der Waals surface area contributed by atoms with Gasteiger partial charge in [-0.15, -0.1) is 0 Å². The molecule has 1 aromatic heterocycles. The van der Waals surface area contributed by atoms with Gasteiger partial charge in [-0.25, -0.2) is 4.98 Å². The van der Waals surface area contributed by atoms with Crippen LogP contribution in [0.5, 0.6) is 0 Å². The zero-order valence-corrected chi connectivity index (χ0v) is 18.0. The minimum atomic E-state index is -0.335. The van der Waals surface area contributed by atoms with E-state index in [1.165, 1.54) is 4.57 Å². The third-order valence-electron chi connectivity index (χ3n) is 4.98. The summed E-state index contributed by atoms with van der Waals surface area (Å²) in [5.74, 6) is 0.0535. The molecule has 0 aliphatic rings. The summed E-state index contributed by atoms with van der Waals surface area (Å²) < 4.78 is 1.35. The highest BCUT2D eigenvalue weighted by Crippen LogP contribution is 2.22. The fourth-order valence-electron chi connectivity index (χ4n) is 3.40. The largest absolute Gasteiger partial charge is 0.396 e. The highest BCUT2D eigenvalue weighted by molar-refractivity contribution is 6.30. The number of aliphatic hydroxyl groups is 1. The van der Waals surface area contributed by atoms with Crippen LogP contribution < -0.4 is 10.9 Å². The average molecular weight is 426 g/mol. The lowest BCUT2D eigenvalue weighted by Gasteiger charge is -2.17. The highest BCUT2D eigenvalue weighted by atomic mass is 35.5. The van der Waals surface area contributed by atoms with Gasteiger partial charge in [0.1, 0.15) is 12.4 Å². The van der Waals surface area contributed by atoms with Crippen LogP contribution in [0.25, 0.3) is 11.4 Å². The SMILES string of the molecule is Cc1cccc(C)c1NC(=O)Cn1c(-c2ccc(Cl)cc2)nc(C)c(CCO)c1=O. The highest BCUT2D eigenvalue weighted by Gasteiger charge is 2.18. The van der Waals surface area contributed by atoms with Gasteiger partial charge in [0.25, 0.3) is 5.56 Å². The van der Waals surface area contributed by atoms with Crippen molar-refractivity contribution in [3.63, 3.8) is 0 Å². The Kier molecular flexibility index (Phi) is 6.70. The molecule has 0 aliphatic heterocycles. The van der Waals surface area contributed by atoms with E-state index in [4.69, 9.17) is 11.6 Å². The maximum Gasteiger partial charge on any atom is 0.257 e. The molecular weight excluding hydrogens is 402 g/mol. The number of halogens is 1. The molecule has 2 aromatic carbocycles. The van der Waals surface area contributed by atoms with Crippen LogP contribution in [0.1, 0.15) is 22.4 Å². The predicted molar refractivity (Wildman–Crippen MR) is 119 cm³/mol. The predicted octanol–water partition coefficient (Wildman–Crippen LogP) is 3.66. The van der Waals surface area contributed by atoms with Crippen LogP contribution in [-0.4, -0.2) is 27.2 Å². The molecule has 2 N–H and O–H groups in total. The van der Waals surface area contributed by atoms with Gasteiger partial charge in [-0.2, -0.15) is 0 Å². The average Bonchev–Trinajstić information content (AvgIpc) is 2.71. The lowest BCUT2D eigenvalue weighted by Crippen LogP contribution is -2.33. The second-order valence-electron chi connectivity index (χ2n) is 7.19. The number of amides is 1. The Hall–Kier alpha value is -2.96. The van der Waals surface area contributed by atoms with Crippen molar-refractivity contribution >= 4 is 23.2 Å². The standard InChI is InChI=1S/C23H24ClN3O3/c1-14-5-4-6-15(2)21(14)26-20(29)13-27-22(17-7-9-18(24)10-8-17)25-16(3)19(11-12-28)23(27)30/h4-10,28H,11-13H2,1-3H3,(H,26,29). The fraction of sp³-hybridized carbons (Fsp3) is 0.261. The molecule has 30 heavy (non-hydrogen) atoms. The number of nitrogens with one attached hydrogen (secondary N) is 1. The zero-order chi connectivity index (χ0) is 21.8. The molecule has 6 nitrogen and oxygen atoms in total. The number of hydrogen-bond donors (Lipinski definition) is 2. The van der Waals surface area contributed by atoms with Gasteiger partial charge in [-0.1, -0.05) is 29.8 Å². The van der Waals surface area contributed by atoms with Crippen LogP contribution in [0.2, 0.25) is 5.02 Å². The van der Waals surface area contributed by atoms with Crippen LogP contribution in [0.4, 0.5) is 5.69 Å². The summed E-state index contributed by atoms with van der Waals surface area (Å²) in [6.07, 6.45) is 0.178. The molecule has 0 atom stereocenters. The van der Waals surface area contributed by atoms with E-state index >= 15 is 0 Å². The molecule has 0 spiro atoms. The Morgan fingerprint density at radius 3 is 2.33 bits per heavy atom. The number of aryl methyl sites for hydroxylation is 3. The van der Waals surface area contributed by atoms with Crippen molar-refractivity contribution < 1.29 is 9.90 Å². The van der Waals surface area contributed by atoms with Crippen LogP contribution in [0, 0.1) is 20.8 Å². The van der Waals surface area contributed by atoms with Crippen molar-refractivity contribution in [3.8, 4) is 11.4 Å². The molecule has 0 saturated carbocycles. The monoisotopic (exact) mass is 425 g/mol. The summed E-state index contributed by atoms with van der Waals surface area (Å²) in [5.41, 5.74) is 3.89. The van der Waals surface area contributed by atoms with Crippen LogP contribution in [0.15, 0.2) is 47.3 Å². The van der Waals surface area contributed by atoms with Crippen molar-refractivity contribution in [2.24, 2.45) is 0 Å². The summed E-state index contributed by atoms with van der Waals surface area (Å²) in [7, 11) is 0. The Morgan fingerprint density at radius 1 is 1.10 bits per heavy atom. The third kappa shape index (κ3) is 4.61. The van der Waals surface area contributed by atoms with Gasteiger partial charge in [0.05, 0.1) is 0 Å². The maximum absolute atomic E-state index is 13.2. The summed E-state index contributed by atoms with van der Waals surface area (Å²) in [6.45, 7) is 5.19. The second-order valence-corrected chi connectivity index (χ2v) is 7.62. The van der Waals surface area contributed by atoms with Gasteiger partial charge in [0.2, 0.25) is 5.91 Å². The first-order chi connectivity index (χ1) is 14.3. The fourth-order valence-corrected chi connectivity index (χ4v) is 3.53. The number of carbonyl (C=O) groups is 1. The number of benzene rings is 2. The lowest BCUT2D eigenvalue weighted by molar-refractivity contribution is -0.116. The molecule has 1 heterocycles. The molecule has 3 aromatic rings. The smallest absolute Gasteiger partial charge is 0.257 e. The lowest BCUT2D eigenvalue weighted by atomic mass is 10.1. The molecule has 0 aliphatic carbocycles. The van der Waals surface area contributed by atoms with E-state index in [1.54, 1.807) is 31.2 Å². The molecule has 156 valence electrons. The molecule has 7 heteroatoms. The number of hydrogen-bond acceptors (Lipinski definition) is 4. The van der Waals surface area contributed by atoms with E-state index in [0.29, 0.717) is 27.7 Å². The number of aliphatic hydroxyl groups excluding tert-OH is 1. The van der Waals surface area contributed by atoms with Crippen LogP contribution >= 0.6 is 11.6 Å². The van der Waals surface area contributed by atoms with E-state index < -0.39 is 0 Å². The van der Waals surface area contributed by atoms with Crippen molar-refractivity contribution in [1.29, 1.82) is 0 Å². The number of anilines is 1. The molecule has 0 unspecified atom stereocenters. The van der Waals surface area contributed by atoms with Crippen LogP contribution in [0.3, 0.4) is 0 Å². The first kappa shape index (κ1) is 21.7. The van der Waals surface area contributed by atoms with Gasteiger partial charge >= 0.3 is 0 Å². The molecule has 3 rings (SSSR count). The van der Waals surface area contributed by atoms with Gasteiger partial charge in [-0.3, -0.25) is 14.2 Å². The topological polar surface area (TPSA) is 84.2 Å². The van der Waals surface area contributed by atoms with E-state index in [1.807, 2.05) is 32.0 Å². The second kappa shape index (κ2) is 9.24. The van der Waals surface area contributed by atoms with E-state index in [-0.39, 0.29) is 31.0 Å². The van der Waals surface area contributed by atoms with Gasteiger partial charge in [0, 0.05) is 40.6 Å². The first-order valence-electron chi connectivity index (χ1n) is 9.65. The van der Waals surface area contributed by atoms with E-state index in [9.17, 15) is 14.7 Å². The Bertz CT molecular complexity index is 1120. The maximum atomic E-state index is 13.2. The van der Waals surface area contributed by atoms with Crippen LogP contribution in [-0.2, 0) is 17.8 Å². The third-order valence-corrected chi connectivity index (χ3v) is 5.23. The Balaban J connectivity index is 2.05. The minimum absolute atomic E-state index is 0.174. The quantitative estimate of drug-likeness (QED) is 0.631. The number of aromatic nitrogens is 2. The summed E-state index contributed by atoms with van der Waals surface area (Å²) in [4.78, 5) is 30.6. The summed E-state index contributed by atoms with van der Waals surface area (Å²) >= 11 is 5.99. The number of nitrogens with zero attached hydrogens (tertiary/aromatic N) is 2. The molecular formula is C23H24ClN3O3. The first-order valence-corrected chi connectivity index (χ1v) is 10.0.